The van der Waals surface area contributed by atoms with Gasteiger partial charge < -0.3 is 9.88 Å². The normalized spacial score (nSPS) is 20.5. The van der Waals surface area contributed by atoms with Crippen molar-refractivity contribution in [2.75, 3.05) is 13.1 Å². The molecule has 1 spiro atoms. The fourth-order valence-electron chi connectivity index (χ4n) is 5.41. The van der Waals surface area contributed by atoms with Crippen LogP contribution < -0.4 is 5.56 Å². The largest absolute Gasteiger partial charge is 0.342 e. The summed E-state index contributed by atoms with van der Waals surface area (Å²) in [6, 6.07) is 0. The molecule has 3 aromatic rings. The number of H-pyrrole nitrogens is 1. The van der Waals surface area contributed by atoms with E-state index >= 15 is 0 Å². The second kappa shape index (κ2) is 7.25. The van der Waals surface area contributed by atoms with Crippen LogP contribution in [-0.4, -0.2) is 53.4 Å². The van der Waals surface area contributed by atoms with E-state index in [2.05, 4.69) is 20.1 Å². The summed E-state index contributed by atoms with van der Waals surface area (Å²) < 4.78 is 1.73. The topological polar surface area (TPSA) is 109 Å². The number of carbonyl (C=O) groups excluding carboxylic acids is 1. The van der Waals surface area contributed by atoms with Gasteiger partial charge in [0.05, 0.1) is 5.69 Å². The Balaban J connectivity index is 1.35. The molecule has 162 valence electrons. The minimum absolute atomic E-state index is 0.0234. The summed E-state index contributed by atoms with van der Waals surface area (Å²) in [6.45, 7) is 7.18. The fourth-order valence-corrected chi connectivity index (χ4v) is 5.41. The Morgan fingerprint density at radius 2 is 2.06 bits per heavy atom. The first-order valence-electron chi connectivity index (χ1n) is 10.9. The fraction of sp³-hybridized carbons (Fsp3) is 0.545. The van der Waals surface area contributed by atoms with Gasteiger partial charge in [-0.1, -0.05) is 0 Å². The second-order valence-electron chi connectivity index (χ2n) is 8.91. The standard InChI is InChI=1S/C22H27N7O2/c1-13-16(14(2)29-21(25-13)23-12-24-29)5-6-18(30)28-10-4-8-22(11-28)9-7-17-19(22)26-15(3)27-20(17)31/h12H,4-11H2,1-3H3,(H,26,27,31). The van der Waals surface area contributed by atoms with Crippen molar-refractivity contribution >= 4 is 11.7 Å². The minimum Gasteiger partial charge on any atom is -0.342 e. The highest BCUT2D eigenvalue weighted by Gasteiger charge is 2.45. The number of nitrogens with one attached hydrogen (secondary N) is 1. The maximum atomic E-state index is 13.2. The van der Waals surface area contributed by atoms with Crippen molar-refractivity contribution in [3.63, 3.8) is 0 Å². The summed E-state index contributed by atoms with van der Waals surface area (Å²) >= 11 is 0. The molecular weight excluding hydrogens is 394 g/mol. The maximum absolute atomic E-state index is 13.2. The molecule has 2 aliphatic rings. The number of amides is 1. The molecule has 0 radical (unpaired) electrons. The van der Waals surface area contributed by atoms with Crippen LogP contribution >= 0.6 is 0 Å². The third-order valence-corrected chi connectivity index (χ3v) is 7.00. The molecule has 0 bridgehead atoms. The molecule has 31 heavy (non-hydrogen) atoms. The quantitative estimate of drug-likeness (QED) is 0.688. The highest BCUT2D eigenvalue weighted by atomic mass is 16.2. The Labute approximate surface area is 179 Å². The molecule has 4 heterocycles. The van der Waals surface area contributed by atoms with Gasteiger partial charge in [0.25, 0.3) is 11.3 Å². The molecule has 1 aliphatic carbocycles. The van der Waals surface area contributed by atoms with Crippen LogP contribution in [0.2, 0.25) is 0 Å². The van der Waals surface area contributed by atoms with E-state index in [0.29, 0.717) is 31.0 Å². The third-order valence-electron chi connectivity index (χ3n) is 7.00. The van der Waals surface area contributed by atoms with Gasteiger partial charge >= 0.3 is 0 Å². The van der Waals surface area contributed by atoms with Crippen LogP contribution in [-0.2, 0) is 23.1 Å². The molecular formula is C22H27N7O2. The molecule has 1 saturated heterocycles. The van der Waals surface area contributed by atoms with Crippen LogP contribution in [0.25, 0.3) is 5.78 Å². The number of aryl methyl sites for hydroxylation is 3. The summed E-state index contributed by atoms with van der Waals surface area (Å²) in [5.74, 6) is 1.38. The Hall–Kier alpha value is -3.10. The van der Waals surface area contributed by atoms with Crippen molar-refractivity contribution in [3.8, 4) is 0 Å². The van der Waals surface area contributed by atoms with Gasteiger partial charge in [-0.15, -0.1) is 0 Å². The van der Waals surface area contributed by atoms with E-state index in [0.717, 1.165) is 60.4 Å². The minimum atomic E-state index is -0.185. The molecule has 3 aromatic heterocycles. The van der Waals surface area contributed by atoms with Crippen molar-refractivity contribution in [1.29, 1.82) is 0 Å². The van der Waals surface area contributed by atoms with Crippen LogP contribution in [0, 0.1) is 20.8 Å². The first kappa shape index (κ1) is 19.8. The smallest absolute Gasteiger partial charge is 0.254 e. The number of rotatable bonds is 3. The number of fused-ring (bicyclic) bond motifs is 3. The Kier molecular flexibility index (Phi) is 4.64. The molecule has 9 heteroatoms. The zero-order chi connectivity index (χ0) is 21.8. The SMILES string of the molecule is Cc1nc2c(c(=O)[nH]1)CCC21CCCN(C(=O)CCc2c(C)nc3ncnn3c2C)C1. The molecule has 1 fully saturated rings. The van der Waals surface area contributed by atoms with Crippen LogP contribution in [0.5, 0.6) is 0 Å². The number of hydrogen-bond donors (Lipinski definition) is 1. The number of hydrogen-bond acceptors (Lipinski definition) is 6. The summed E-state index contributed by atoms with van der Waals surface area (Å²) in [4.78, 5) is 43.7. The lowest BCUT2D eigenvalue weighted by atomic mass is 9.77. The zero-order valence-corrected chi connectivity index (χ0v) is 18.2. The number of aromatic nitrogens is 6. The molecule has 5 rings (SSSR count). The van der Waals surface area contributed by atoms with Crippen molar-refractivity contribution in [2.45, 2.75) is 64.7 Å². The van der Waals surface area contributed by atoms with E-state index in [-0.39, 0.29) is 16.9 Å². The maximum Gasteiger partial charge on any atom is 0.254 e. The Morgan fingerprint density at radius 1 is 1.23 bits per heavy atom. The van der Waals surface area contributed by atoms with E-state index in [1.165, 1.54) is 6.33 Å². The first-order valence-corrected chi connectivity index (χ1v) is 10.9. The summed E-state index contributed by atoms with van der Waals surface area (Å²) in [6.07, 6.45) is 6.08. The predicted octanol–water partition coefficient (Wildman–Crippen LogP) is 1.57. The lowest BCUT2D eigenvalue weighted by Crippen LogP contribution is -2.48. The van der Waals surface area contributed by atoms with Crippen LogP contribution in [0.15, 0.2) is 11.1 Å². The highest BCUT2D eigenvalue weighted by Crippen LogP contribution is 2.43. The van der Waals surface area contributed by atoms with Gasteiger partial charge in [0.1, 0.15) is 12.2 Å². The molecule has 0 saturated carbocycles. The average molecular weight is 422 g/mol. The molecule has 0 aromatic carbocycles. The Bertz CT molecular complexity index is 1240. The number of aromatic amines is 1. The summed E-state index contributed by atoms with van der Waals surface area (Å²) in [5, 5.41) is 4.23. The predicted molar refractivity (Wildman–Crippen MR) is 114 cm³/mol. The van der Waals surface area contributed by atoms with Crippen LogP contribution in [0.1, 0.15) is 59.7 Å². The first-order chi connectivity index (χ1) is 14.9. The van der Waals surface area contributed by atoms with E-state index in [1.807, 2.05) is 25.7 Å². The van der Waals surface area contributed by atoms with Crippen molar-refractivity contribution in [3.05, 3.63) is 50.7 Å². The highest BCUT2D eigenvalue weighted by molar-refractivity contribution is 5.77. The van der Waals surface area contributed by atoms with Gasteiger partial charge in [-0.3, -0.25) is 9.59 Å². The Morgan fingerprint density at radius 3 is 2.90 bits per heavy atom. The molecule has 1 unspecified atom stereocenters. The van der Waals surface area contributed by atoms with Crippen LogP contribution in [0.3, 0.4) is 0 Å². The molecule has 1 atom stereocenters. The van der Waals surface area contributed by atoms with Gasteiger partial charge in [-0.25, -0.2) is 14.5 Å². The lowest BCUT2D eigenvalue weighted by Gasteiger charge is -2.40. The van der Waals surface area contributed by atoms with E-state index in [1.54, 1.807) is 4.52 Å². The van der Waals surface area contributed by atoms with Crippen molar-refractivity contribution in [2.24, 2.45) is 0 Å². The molecule has 1 amide bonds. The van der Waals surface area contributed by atoms with Gasteiger partial charge in [-0.2, -0.15) is 10.1 Å². The van der Waals surface area contributed by atoms with Crippen molar-refractivity contribution < 1.29 is 4.79 Å². The molecule has 1 N–H and O–H groups in total. The average Bonchev–Trinajstić information content (AvgIpc) is 3.33. The van der Waals surface area contributed by atoms with Gasteiger partial charge in [0.2, 0.25) is 5.91 Å². The lowest BCUT2D eigenvalue weighted by molar-refractivity contribution is -0.133. The second-order valence-corrected chi connectivity index (χ2v) is 8.91. The monoisotopic (exact) mass is 421 g/mol. The third kappa shape index (κ3) is 3.23. The van der Waals surface area contributed by atoms with Gasteiger partial charge in [-0.05, 0) is 58.4 Å². The summed E-state index contributed by atoms with van der Waals surface area (Å²) in [5.41, 5.74) is 4.43. The van der Waals surface area contributed by atoms with Crippen LogP contribution in [0.4, 0.5) is 0 Å². The molecule has 9 nitrogen and oxygen atoms in total. The zero-order valence-electron chi connectivity index (χ0n) is 18.2. The van der Waals surface area contributed by atoms with E-state index in [4.69, 9.17) is 4.98 Å². The van der Waals surface area contributed by atoms with Crippen molar-refractivity contribution in [1.82, 2.24) is 34.4 Å². The summed E-state index contributed by atoms with van der Waals surface area (Å²) in [7, 11) is 0. The molecule has 1 aliphatic heterocycles. The van der Waals surface area contributed by atoms with Gasteiger partial charge in [0.15, 0.2) is 0 Å². The number of likely N-dealkylation sites (tertiary alicyclic amines) is 1. The van der Waals surface area contributed by atoms with E-state index < -0.39 is 0 Å². The number of carbonyl (C=O) groups is 1. The number of nitrogens with zero attached hydrogens (tertiary/aromatic N) is 6. The van der Waals surface area contributed by atoms with Gasteiger partial charge in [0, 0.05) is 41.9 Å². The number of piperidine rings is 1. The van der Waals surface area contributed by atoms with E-state index in [9.17, 15) is 9.59 Å².